The molecule has 1 unspecified atom stereocenters. The normalized spacial score (nSPS) is 15.8. The Bertz CT molecular complexity index is 926. The second kappa shape index (κ2) is 8.49. The highest BCUT2D eigenvalue weighted by Crippen LogP contribution is 2.23. The zero-order chi connectivity index (χ0) is 19.2. The van der Waals surface area contributed by atoms with E-state index in [4.69, 9.17) is 14.2 Å². The summed E-state index contributed by atoms with van der Waals surface area (Å²) in [4.78, 5) is 20.6. The van der Waals surface area contributed by atoms with Crippen LogP contribution in [-0.2, 0) is 4.74 Å². The number of pyridine rings is 2. The summed E-state index contributed by atoms with van der Waals surface area (Å²) in [6.07, 6.45) is 5.70. The van der Waals surface area contributed by atoms with E-state index in [9.17, 15) is 4.79 Å². The molecule has 2 aromatic heterocycles. The van der Waals surface area contributed by atoms with E-state index in [0.717, 1.165) is 6.42 Å². The first-order chi connectivity index (χ1) is 13.8. The predicted molar refractivity (Wildman–Crippen MR) is 103 cm³/mol. The maximum atomic E-state index is 12.5. The maximum absolute atomic E-state index is 12.5. The van der Waals surface area contributed by atoms with Gasteiger partial charge in [0.25, 0.3) is 5.91 Å². The summed E-state index contributed by atoms with van der Waals surface area (Å²) >= 11 is 0. The van der Waals surface area contributed by atoms with E-state index in [1.165, 1.54) is 0 Å². The van der Waals surface area contributed by atoms with Crippen LogP contribution in [0.25, 0.3) is 0 Å². The molecule has 4 rings (SSSR count). The van der Waals surface area contributed by atoms with Crippen molar-refractivity contribution in [2.24, 2.45) is 0 Å². The first-order valence-corrected chi connectivity index (χ1v) is 8.96. The Balaban J connectivity index is 1.38. The molecular weight excluding hydrogens is 358 g/mol. The molecule has 7 nitrogen and oxygen atoms in total. The first kappa shape index (κ1) is 17.9. The van der Waals surface area contributed by atoms with Crippen molar-refractivity contribution in [3.63, 3.8) is 0 Å². The van der Waals surface area contributed by atoms with Crippen LogP contribution in [0.2, 0.25) is 0 Å². The van der Waals surface area contributed by atoms with Crippen LogP contribution in [0.3, 0.4) is 0 Å². The highest BCUT2D eigenvalue weighted by atomic mass is 16.5. The fourth-order valence-electron chi connectivity index (χ4n) is 2.74. The summed E-state index contributed by atoms with van der Waals surface area (Å²) in [7, 11) is 0. The van der Waals surface area contributed by atoms with Crippen LogP contribution in [-0.4, -0.2) is 35.2 Å². The standard InChI is InChI=1S/C21H19N3O4/c25-21(15-5-11-23-20(13-15)28-19-8-12-26-14-19)24-16-1-3-17(4-2-16)27-18-6-9-22-10-7-18/h1-7,9-11,13,19H,8,12,14H2,(H,24,25). The van der Waals surface area contributed by atoms with Gasteiger partial charge in [-0.2, -0.15) is 0 Å². The molecule has 142 valence electrons. The van der Waals surface area contributed by atoms with Crippen LogP contribution < -0.4 is 14.8 Å². The second-order valence-electron chi connectivity index (χ2n) is 6.25. The van der Waals surface area contributed by atoms with Crippen molar-refractivity contribution >= 4 is 11.6 Å². The third kappa shape index (κ3) is 4.63. The van der Waals surface area contributed by atoms with Gasteiger partial charge in [0.15, 0.2) is 0 Å². The van der Waals surface area contributed by atoms with Gasteiger partial charge in [-0.25, -0.2) is 4.98 Å². The van der Waals surface area contributed by atoms with Gasteiger partial charge in [0.1, 0.15) is 17.6 Å². The van der Waals surface area contributed by atoms with Gasteiger partial charge < -0.3 is 19.5 Å². The molecule has 3 heterocycles. The molecule has 1 fully saturated rings. The van der Waals surface area contributed by atoms with Gasteiger partial charge in [0.2, 0.25) is 5.88 Å². The lowest BCUT2D eigenvalue weighted by Gasteiger charge is -2.12. The number of aromatic nitrogens is 2. The monoisotopic (exact) mass is 377 g/mol. The predicted octanol–water partition coefficient (Wildman–Crippen LogP) is 3.69. The van der Waals surface area contributed by atoms with Gasteiger partial charge in [-0.05, 0) is 42.5 Å². The number of hydrogen-bond donors (Lipinski definition) is 1. The lowest BCUT2D eigenvalue weighted by molar-refractivity contribution is 0.102. The van der Waals surface area contributed by atoms with Crippen molar-refractivity contribution in [3.05, 3.63) is 72.7 Å². The van der Waals surface area contributed by atoms with Crippen LogP contribution in [0.1, 0.15) is 16.8 Å². The van der Waals surface area contributed by atoms with Crippen molar-refractivity contribution in [2.75, 3.05) is 18.5 Å². The number of rotatable bonds is 6. The van der Waals surface area contributed by atoms with Crippen LogP contribution in [0.15, 0.2) is 67.1 Å². The average Bonchev–Trinajstić information content (AvgIpc) is 3.23. The molecule has 3 aromatic rings. The van der Waals surface area contributed by atoms with Crippen LogP contribution >= 0.6 is 0 Å². The summed E-state index contributed by atoms with van der Waals surface area (Å²) in [6.45, 7) is 1.23. The molecule has 1 aliphatic rings. The van der Waals surface area contributed by atoms with Gasteiger partial charge in [-0.3, -0.25) is 9.78 Å². The van der Waals surface area contributed by atoms with E-state index in [1.807, 2.05) is 0 Å². The van der Waals surface area contributed by atoms with Crippen molar-refractivity contribution in [2.45, 2.75) is 12.5 Å². The smallest absolute Gasteiger partial charge is 0.255 e. The molecular formula is C21H19N3O4. The summed E-state index contributed by atoms with van der Waals surface area (Å²) in [5.74, 6) is 1.55. The molecule has 1 saturated heterocycles. The van der Waals surface area contributed by atoms with Crippen LogP contribution in [0, 0.1) is 0 Å². The number of nitrogens with zero attached hydrogens (tertiary/aromatic N) is 2. The third-order valence-electron chi connectivity index (χ3n) is 4.17. The largest absolute Gasteiger partial charge is 0.472 e. The number of carbonyl (C=O) groups excluding carboxylic acids is 1. The molecule has 0 spiro atoms. The Morgan fingerprint density at radius 1 is 1.04 bits per heavy atom. The molecule has 0 saturated carbocycles. The topological polar surface area (TPSA) is 82.6 Å². The number of carbonyl (C=O) groups is 1. The fourth-order valence-corrected chi connectivity index (χ4v) is 2.74. The number of nitrogens with one attached hydrogen (secondary N) is 1. The average molecular weight is 377 g/mol. The Labute approximate surface area is 162 Å². The Hall–Kier alpha value is -3.45. The fraction of sp³-hybridized carbons (Fsp3) is 0.190. The van der Waals surface area contributed by atoms with E-state index in [0.29, 0.717) is 41.8 Å². The minimum atomic E-state index is -0.238. The maximum Gasteiger partial charge on any atom is 0.255 e. The molecule has 7 heteroatoms. The van der Waals surface area contributed by atoms with E-state index >= 15 is 0 Å². The summed E-state index contributed by atoms with van der Waals surface area (Å²) in [5, 5.41) is 2.86. The van der Waals surface area contributed by atoms with E-state index < -0.39 is 0 Å². The summed E-state index contributed by atoms with van der Waals surface area (Å²) < 4.78 is 16.8. The van der Waals surface area contributed by atoms with Gasteiger partial charge in [0.05, 0.1) is 13.2 Å². The van der Waals surface area contributed by atoms with Crippen LogP contribution in [0.4, 0.5) is 5.69 Å². The van der Waals surface area contributed by atoms with E-state index in [-0.39, 0.29) is 12.0 Å². The number of amides is 1. The molecule has 0 aliphatic carbocycles. The molecule has 1 amide bonds. The van der Waals surface area contributed by atoms with Crippen molar-refractivity contribution in [3.8, 4) is 17.4 Å². The lowest BCUT2D eigenvalue weighted by Crippen LogP contribution is -2.17. The molecule has 1 N–H and O–H groups in total. The minimum Gasteiger partial charge on any atom is -0.472 e. The van der Waals surface area contributed by atoms with Gasteiger partial charge >= 0.3 is 0 Å². The first-order valence-electron chi connectivity index (χ1n) is 8.96. The Morgan fingerprint density at radius 2 is 1.82 bits per heavy atom. The minimum absolute atomic E-state index is 0.0150. The van der Waals surface area contributed by atoms with Gasteiger partial charge in [-0.15, -0.1) is 0 Å². The number of benzene rings is 1. The number of ether oxygens (including phenoxy) is 3. The van der Waals surface area contributed by atoms with Crippen LogP contribution in [0.5, 0.6) is 17.4 Å². The highest BCUT2D eigenvalue weighted by Gasteiger charge is 2.18. The van der Waals surface area contributed by atoms with Crippen molar-refractivity contribution in [1.82, 2.24) is 9.97 Å². The zero-order valence-electron chi connectivity index (χ0n) is 15.1. The Morgan fingerprint density at radius 3 is 2.57 bits per heavy atom. The van der Waals surface area contributed by atoms with Crippen molar-refractivity contribution in [1.29, 1.82) is 0 Å². The molecule has 1 aliphatic heterocycles. The van der Waals surface area contributed by atoms with E-state index in [2.05, 4.69) is 15.3 Å². The molecule has 1 aromatic carbocycles. The van der Waals surface area contributed by atoms with E-state index in [1.54, 1.807) is 67.1 Å². The zero-order valence-corrected chi connectivity index (χ0v) is 15.1. The Kier molecular flexibility index (Phi) is 5.44. The lowest BCUT2D eigenvalue weighted by atomic mass is 10.2. The van der Waals surface area contributed by atoms with Gasteiger partial charge in [-0.1, -0.05) is 0 Å². The molecule has 0 radical (unpaired) electrons. The molecule has 0 bridgehead atoms. The second-order valence-corrected chi connectivity index (χ2v) is 6.25. The van der Waals surface area contributed by atoms with Crippen molar-refractivity contribution < 1.29 is 19.0 Å². The summed E-state index contributed by atoms with van der Waals surface area (Å²) in [5.41, 5.74) is 1.14. The quantitative estimate of drug-likeness (QED) is 0.705. The molecule has 1 atom stereocenters. The third-order valence-corrected chi connectivity index (χ3v) is 4.17. The summed E-state index contributed by atoms with van der Waals surface area (Å²) in [6, 6.07) is 14.0. The molecule has 28 heavy (non-hydrogen) atoms. The number of hydrogen-bond acceptors (Lipinski definition) is 6. The highest BCUT2D eigenvalue weighted by molar-refractivity contribution is 6.04. The van der Waals surface area contributed by atoms with Gasteiger partial charge in [0, 0.05) is 42.3 Å². The SMILES string of the molecule is O=C(Nc1ccc(Oc2ccncc2)cc1)c1ccnc(OC2CCOC2)c1. The number of anilines is 1.